The SMILES string of the molecule is COC(=O)C[C@H](NC(=O)Cc1cc(-c2ccccc2)on1)c1ccc(F)cc1. The summed E-state index contributed by atoms with van der Waals surface area (Å²) in [5.74, 6) is -0.662. The van der Waals surface area contributed by atoms with Crippen molar-refractivity contribution in [1.29, 1.82) is 0 Å². The van der Waals surface area contributed by atoms with E-state index < -0.39 is 17.8 Å². The Balaban J connectivity index is 1.69. The molecule has 144 valence electrons. The van der Waals surface area contributed by atoms with E-state index in [-0.39, 0.29) is 18.7 Å². The molecule has 0 bridgehead atoms. The van der Waals surface area contributed by atoms with Crippen LogP contribution in [0.3, 0.4) is 0 Å². The molecule has 0 aliphatic heterocycles. The number of halogens is 1. The van der Waals surface area contributed by atoms with Gasteiger partial charge in [0.2, 0.25) is 5.91 Å². The molecule has 0 saturated heterocycles. The lowest BCUT2D eigenvalue weighted by Gasteiger charge is -2.18. The molecule has 0 aliphatic rings. The number of nitrogens with one attached hydrogen (secondary N) is 1. The lowest BCUT2D eigenvalue weighted by Crippen LogP contribution is -2.31. The van der Waals surface area contributed by atoms with Gasteiger partial charge in [0.1, 0.15) is 5.82 Å². The Labute approximate surface area is 161 Å². The quantitative estimate of drug-likeness (QED) is 0.633. The van der Waals surface area contributed by atoms with Gasteiger partial charge < -0.3 is 14.6 Å². The summed E-state index contributed by atoms with van der Waals surface area (Å²) < 4.78 is 23.2. The van der Waals surface area contributed by atoms with Crippen LogP contribution in [-0.2, 0) is 20.7 Å². The highest BCUT2D eigenvalue weighted by Gasteiger charge is 2.20. The molecule has 1 N–H and O–H groups in total. The first kappa shape index (κ1) is 19.3. The van der Waals surface area contributed by atoms with Crippen molar-refractivity contribution in [2.24, 2.45) is 0 Å². The van der Waals surface area contributed by atoms with Gasteiger partial charge in [0, 0.05) is 11.6 Å². The van der Waals surface area contributed by atoms with Crippen LogP contribution in [0, 0.1) is 5.82 Å². The number of ether oxygens (including phenoxy) is 1. The largest absolute Gasteiger partial charge is 0.469 e. The van der Waals surface area contributed by atoms with Crippen molar-refractivity contribution in [2.75, 3.05) is 7.11 Å². The minimum absolute atomic E-state index is 0.0186. The molecule has 28 heavy (non-hydrogen) atoms. The normalized spacial score (nSPS) is 11.6. The van der Waals surface area contributed by atoms with Crippen LogP contribution >= 0.6 is 0 Å². The van der Waals surface area contributed by atoms with Crippen molar-refractivity contribution in [3.05, 3.63) is 77.7 Å². The second-order valence-corrected chi connectivity index (χ2v) is 6.18. The van der Waals surface area contributed by atoms with Gasteiger partial charge in [0.05, 0.1) is 31.7 Å². The molecule has 3 rings (SSSR count). The van der Waals surface area contributed by atoms with Crippen molar-refractivity contribution in [3.63, 3.8) is 0 Å². The topological polar surface area (TPSA) is 81.4 Å². The van der Waals surface area contributed by atoms with Crippen LogP contribution in [0.25, 0.3) is 11.3 Å². The molecule has 0 aliphatic carbocycles. The standard InChI is InChI=1S/C21H19FN2O4/c1-27-21(26)13-18(14-7-9-16(22)10-8-14)23-20(25)12-17-11-19(28-24-17)15-5-3-2-4-6-15/h2-11,18H,12-13H2,1H3,(H,23,25)/t18-/m0/s1. The maximum atomic E-state index is 13.2. The number of methoxy groups -OCH3 is 1. The lowest BCUT2D eigenvalue weighted by atomic mass is 10.0. The molecule has 0 radical (unpaired) electrons. The maximum absolute atomic E-state index is 13.2. The number of hydrogen-bond acceptors (Lipinski definition) is 5. The van der Waals surface area contributed by atoms with E-state index in [1.165, 1.54) is 31.4 Å². The number of amides is 1. The van der Waals surface area contributed by atoms with E-state index in [2.05, 4.69) is 15.2 Å². The van der Waals surface area contributed by atoms with E-state index in [1.54, 1.807) is 6.07 Å². The molecule has 0 spiro atoms. The summed E-state index contributed by atoms with van der Waals surface area (Å²) in [5, 5.41) is 6.70. The van der Waals surface area contributed by atoms with E-state index in [1.807, 2.05) is 30.3 Å². The summed E-state index contributed by atoms with van der Waals surface area (Å²) in [4.78, 5) is 24.1. The number of benzene rings is 2. The molecular weight excluding hydrogens is 363 g/mol. The number of carbonyl (C=O) groups is 2. The second-order valence-electron chi connectivity index (χ2n) is 6.18. The van der Waals surface area contributed by atoms with Gasteiger partial charge in [0.25, 0.3) is 0 Å². The van der Waals surface area contributed by atoms with E-state index in [4.69, 9.17) is 4.52 Å². The van der Waals surface area contributed by atoms with Crippen molar-refractivity contribution in [1.82, 2.24) is 10.5 Å². The number of aromatic nitrogens is 1. The molecule has 7 heteroatoms. The summed E-state index contributed by atoms with van der Waals surface area (Å²) in [6, 6.07) is 16.1. The summed E-state index contributed by atoms with van der Waals surface area (Å²) >= 11 is 0. The lowest BCUT2D eigenvalue weighted by molar-refractivity contribution is -0.141. The number of esters is 1. The van der Waals surface area contributed by atoms with Gasteiger partial charge in [-0.2, -0.15) is 0 Å². The van der Waals surface area contributed by atoms with E-state index in [0.717, 1.165) is 5.56 Å². The number of carbonyl (C=O) groups excluding carboxylic acids is 2. The minimum atomic E-state index is -0.638. The average molecular weight is 382 g/mol. The molecule has 1 amide bonds. The predicted molar refractivity (Wildman–Crippen MR) is 99.6 cm³/mol. The highest BCUT2D eigenvalue weighted by atomic mass is 19.1. The van der Waals surface area contributed by atoms with Crippen molar-refractivity contribution in [2.45, 2.75) is 18.9 Å². The van der Waals surface area contributed by atoms with Crippen molar-refractivity contribution in [3.8, 4) is 11.3 Å². The zero-order valence-electron chi connectivity index (χ0n) is 15.2. The van der Waals surface area contributed by atoms with Crippen LogP contribution in [-0.4, -0.2) is 24.1 Å². The first-order valence-electron chi connectivity index (χ1n) is 8.68. The molecule has 2 aromatic carbocycles. The van der Waals surface area contributed by atoms with Gasteiger partial charge in [-0.3, -0.25) is 9.59 Å². The zero-order valence-corrected chi connectivity index (χ0v) is 15.2. The number of rotatable bonds is 7. The van der Waals surface area contributed by atoms with Crippen LogP contribution in [0.15, 0.2) is 65.2 Å². The highest BCUT2D eigenvalue weighted by Crippen LogP contribution is 2.21. The third-order valence-corrected chi connectivity index (χ3v) is 4.16. The van der Waals surface area contributed by atoms with Crippen LogP contribution < -0.4 is 5.32 Å². The average Bonchev–Trinajstić information content (AvgIpc) is 3.17. The van der Waals surface area contributed by atoms with E-state index in [9.17, 15) is 14.0 Å². The van der Waals surface area contributed by atoms with Gasteiger partial charge >= 0.3 is 5.97 Å². The Hall–Kier alpha value is -3.48. The third kappa shape index (κ3) is 5.03. The predicted octanol–water partition coefficient (Wildman–Crippen LogP) is 3.44. The van der Waals surface area contributed by atoms with E-state index in [0.29, 0.717) is 17.0 Å². The van der Waals surface area contributed by atoms with Gasteiger partial charge in [-0.1, -0.05) is 47.6 Å². The Bertz CT molecular complexity index is 939. The van der Waals surface area contributed by atoms with E-state index >= 15 is 0 Å². The van der Waals surface area contributed by atoms with Crippen molar-refractivity contribution >= 4 is 11.9 Å². The molecule has 1 heterocycles. The van der Waals surface area contributed by atoms with Crippen LogP contribution in [0.5, 0.6) is 0 Å². The highest BCUT2D eigenvalue weighted by molar-refractivity contribution is 5.80. The van der Waals surface area contributed by atoms with Gasteiger partial charge in [-0.25, -0.2) is 4.39 Å². The Morgan fingerprint density at radius 2 is 1.86 bits per heavy atom. The van der Waals surface area contributed by atoms with Crippen LogP contribution in [0.1, 0.15) is 23.7 Å². The summed E-state index contributed by atoms with van der Waals surface area (Å²) in [6.45, 7) is 0. The second kappa shape index (κ2) is 8.94. The van der Waals surface area contributed by atoms with Gasteiger partial charge in [-0.05, 0) is 17.7 Å². The fourth-order valence-corrected chi connectivity index (χ4v) is 2.74. The monoisotopic (exact) mass is 382 g/mol. The van der Waals surface area contributed by atoms with Gasteiger partial charge in [-0.15, -0.1) is 0 Å². The Morgan fingerprint density at radius 3 is 2.54 bits per heavy atom. The molecule has 0 fully saturated rings. The smallest absolute Gasteiger partial charge is 0.307 e. The minimum Gasteiger partial charge on any atom is -0.469 e. The fraction of sp³-hybridized carbons (Fsp3) is 0.190. The molecule has 0 saturated carbocycles. The Morgan fingerprint density at radius 1 is 1.14 bits per heavy atom. The zero-order chi connectivity index (χ0) is 19.9. The molecule has 3 aromatic rings. The summed E-state index contributed by atoms with van der Waals surface area (Å²) in [7, 11) is 1.27. The number of hydrogen-bond donors (Lipinski definition) is 1. The van der Waals surface area contributed by atoms with Crippen LogP contribution in [0.2, 0.25) is 0 Å². The summed E-state index contributed by atoms with van der Waals surface area (Å²) in [6.07, 6.45) is -0.0862. The first-order valence-corrected chi connectivity index (χ1v) is 8.68. The third-order valence-electron chi connectivity index (χ3n) is 4.16. The molecule has 1 aromatic heterocycles. The summed E-state index contributed by atoms with van der Waals surface area (Å²) in [5.41, 5.74) is 1.93. The molecule has 0 unspecified atom stereocenters. The first-order chi connectivity index (χ1) is 13.5. The Kier molecular flexibility index (Phi) is 6.16. The van der Waals surface area contributed by atoms with Gasteiger partial charge in [0.15, 0.2) is 5.76 Å². The molecule has 6 nitrogen and oxygen atoms in total. The molecular formula is C21H19FN2O4. The van der Waals surface area contributed by atoms with Crippen LogP contribution in [0.4, 0.5) is 4.39 Å². The fourth-order valence-electron chi connectivity index (χ4n) is 2.74. The number of nitrogens with zero attached hydrogens (tertiary/aromatic N) is 1. The molecule has 1 atom stereocenters. The maximum Gasteiger partial charge on any atom is 0.307 e. The van der Waals surface area contributed by atoms with Crippen molar-refractivity contribution < 1.29 is 23.2 Å².